The van der Waals surface area contributed by atoms with Gasteiger partial charge in [0.15, 0.2) is 0 Å². The third-order valence-corrected chi connectivity index (χ3v) is 5.63. The number of esters is 1. The average molecular weight is 392 g/mol. The minimum Gasteiger partial charge on any atom is -0.462 e. The van der Waals surface area contributed by atoms with E-state index in [9.17, 15) is 9.59 Å². The van der Waals surface area contributed by atoms with Gasteiger partial charge in [-0.25, -0.2) is 9.78 Å². The number of nitrogens with one attached hydrogen (secondary N) is 1. The zero-order valence-corrected chi connectivity index (χ0v) is 16.4. The molecular weight excluding hydrogens is 366 g/mol. The van der Waals surface area contributed by atoms with Gasteiger partial charge < -0.3 is 20.5 Å². The van der Waals surface area contributed by atoms with E-state index in [2.05, 4.69) is 10.3 Å². The first-order valence-corrected chi connectivity index (χ1v) is 8.98. The maximum atomic E-state index is 12.7. The van der Waals surface area contributed by atoms with Crippen molar-refractivity contribution < 1.29 is 19.1 Å². The molecule has 7 nitrogen and oxygen atoms in total. The number of carbonyl (C=O) groups excluding carboxylic acids is 2. The molecular formula is C16H26ClN3O4S. The molecule has 0 saturated carbocycles. The summed E-state index contributed by atoms with van der Waals surface area (Å²) in [4.78, 5) is 29.5. The lowest BCUT2D eigenvalue weighted by atomic mass is 9.79. The summed E-state index contributed by atoms with van der Waals surface area (Å²) < 4.78 is 10.4. The molecule has 2 heterocycles. The first-order chi connectivity index (χ1) is 11.4. The lowest BCUT2D eigenvalue weighted by molar-refractivity contribution is -0.136. The molecule has 0 aromatic carbocycles. The lowest BCUT2D eigenvalue weighted by Gasteiger charge is -2.35. The highest BCUT2D eigenvalue weighted by molar-refractivity contribution is 7.13. The third-order valence-electron chi connectivity index (χ3n) is 4.31. The van der Waals surface area contributed by atoms with Crippen LogP contribution in [0.4, 0.5) is 0 Å². The number of aromatic nitrogens is 1. The summed E-state index contributed by atoms with van der Waals surface area (Å²) in [5, 5.41) is 3.67. The van der Waals surface area contributed by atoms with E-state index in [0.29, 0.717) is 54.8 Å². The Morgan fingerprint density at radius 2 is 2.08 bits per heavy atom. The summed E-state index contributed by atoms with van der Waals surface area (Å²) in [6, 6.07) is -0.296. The molecule has 2 rings (SSSR count). The maximum absolute atomic E-state index is 12.7. The van der Waals surface area contributed by atoms with Gasteiger partial charge in [0.1, 0.15) is 9.88 Å². The van der Waals surface area contributed by atoms with Crippen molar-refractivity contribution in [1.29, 1.82) is 0 Å². The molecule has 1 atom stereocenters. The van der Waals surface area contributed by atoms with E-state index >= 15 is 0 Å². The highest BCUT2D eigenvalue weighted by atomic mass is 35.5. The summed E-state index contributed by atoms with van der Waals surface area (Å²) in [5.74, 6) is -0.452. The van der Waals surface area contributed by atoms with Crippen molar-refractivity contribution in [2.45, 2.75) is 39.7 Å². The molecule has 1 fully saturated rings. The fourth-order valence-corrected chi connectivity index (χ4v) is 3.65. The molecule has 0 aliphatic carbocycles. The molecule has 3 N–H and O–H groups in total. The second-order valence-corrected chi connectivity index (χ2v) is 7.01. The number of carbonyl (C=O) groups is 2. The molecule has 1 aromatic heterocycles. The van der Waals surface area contributed by atoms with Gasteiger partial charge in [0, 0.05) is 19.8 Å². The van der Waals surface area contributed by atoms with Crippen LogP contribution in [0.3, 0.4) is 0 Å². The molecule has 1 saturated heterocycles. The lowest BCUT2D eigenvalue weighted by Crippen LogP contribution is -2.49. The van der Waals surface area contributed by atoms with Crippen LogP contribution in [0.15, 0.2) is 0 Å². The Morgan fingerprint density at radius 1 is 1.44 bits per heavy atom. The Labute approximate surface area is 158 Å². The van der Waals surface area contributed by atoms with Crippen LogP contribution in [0.2, 0.25) is 0 Å². The molecule has 0 bridgehead atoms. The predicted octanol–water partition coefficient (Wildman–Crippen LogP) is 1.98. The van der Waals surface area contributed by atoms with Crippen molar-refractivity contribution in [2.75, 3.05) is 26.4 Å². The van der Waals surface area contributed by atoms with Gasteiger partial charge in [-0.05, 0) is 33.6 Å². The number of nitrogens with two attached hydrogens (primary N) is 1. The summed E-state index contributed by atoms with van der Waals surface area (Å²) in [6.07, 6.45) is 1.24. The van der Waals surface area contributed by atoms with E-state index in [0.717, 1.165) is 0 Å². The number of hydrogen-bond donors (Lipinski definition) is 2. The second kappa shape index (κ2) is 9.47. The van der Waals surface area contributed by atoms with Gasteiger partial charge >= 0.3 is 5.97 Å². The highest BCUT2D eigenvalue weighted by Gasteiger charge is 2.39. The summed E-state index contributed by atoms with van der Waals surface area (Å²) in [7, 11) is 0. The molecule has 0 radical (unpaired) electrons. The van der Waals surface area contributed by atoms with Crippen LogP contribution < -0.4 is 11.1 Å². The zero-order chi connectivity index (χ0) is 17.7. The van der Waals surface area contributed by atoms with Crippen LogP contribution in [0.5, 0.6) is 0 Å². The van der Waals surface area contributed by atoms with Crippen molar-refractivity contribution in [3.63, 3.8) is 0 Å². The van der Waals surface area contributed by atoms with E-state index in [-0.39, 0.29) is 30.3 Å². The van der Waals surface area contributed by atoms with Gasteiger partial charge in [-0.1, -0.05) is 0 Å². The Morgan fingerprint density at radius 3 is 2.64 bits per heavy atom. The Kier molecular flexibility index (Phi) is 8.27. The summed E-state index contributed by atoms with van der Waals surface area (Å²) in [6.45, 7) is 7.08. The maximum Gasteiger partial charge on any atom is 0.350 e. The standard InChI is InChI=1S/C16H25N3O4S.ClH/c1-4-23-14(20)12-10(2)18-13(24-12)11(3)19-15(21)16(9-17)5-7-22-8-6-16;/h11H,4-9,17H2,1-3H3,(H,19,21);1H. The molecule has 25 heavy (non-hydrogen) atoms. The largest absolute Gasteiger partial charge is 0.462 e. The molecule has 1 unspecified atom stereocenters. The topological polar surface area (TPSA) is 104 Å². The second-order valence-electron chi connectivity index (χ2n) is 5.98. The molecule has 1 aliphatic heterocycles. The first-order valence-electron chi connectivity index (χ1n) is 8.16. The molecule has 142 valence electrons. The van der Waals surface area contributed by atoms with E-state index in [1.807, 2.05) is 6.92 Å². The Balaban J connectivity index is 0.00000312. The normalized spacial score (nSPS) is 17.3. The van der Waals surface area contributed by atoms with Crippen molar-refractivity contribution in [1.82, 2.24) is 10.3 Å². The van der Waals surface area contributed by atoms with E-state index in [1.165, 1.54) is 11.3 Å². The van der Waals surface area contributed by atoms with Crippen molar-refractivity contribution >= 4 is 35.6 Å². The molecule has 1 aliphatic rings. The van der Waals surface area contributed by atoms with E-state index in [1.54, 1.807) is 13.8 Å². The van der Waals surface area contributed by atoms with Crippen molar-refractivity contribution in [3.8, 4) is 0 Å². The Hall–Kier alpha value is -1.22. The monoisotopic (exact) mass is 391 g/mol. The van der Waals surface area contributed by atoms with Crippen LogP contribution in [0, 0.1) is 12.3 Å². The van der Waals surface area contributed by atoms with Gasteiger partial charge in [0.05, 0.1) is 23.8 Å². The summed E-state index contributed by atoms with van der Waals surface area (Å²) >= 11 is 1.25. The number of nitrogens with zero attached hydrogens (tertiary/aromatic N) is 1. The molecule has 9 heteroatoms. The van der Waals surface area contributed by atoms with Crippen LogP contribution in [-0.2, 0) is 14.3 Å². The number of thiazole rings is 1. The van der Waals surface area contributed by atoms with Gasteiger partial charge in [0.2, 0.25) is 5.91 Å². The minimum absolute atomic E-state index is 0. The quantitative estimate of drug-likeness (QED) is 0.718. The first kappa shape index (κ1) is 21.8. The van der Waals surface area contributed by atoms with Gasteiger partial charge in [-0.3, -0.25) is 4.79 Å². The molecule has 1 amide bonds. The van der Waals surface area contributed by atoms with Crippen LogP contribution in [-0.4, -0.2) is 43.2 Å². The average Bonchev–Trinajstić information content (AvgIpc) is 2.97. The third kappa shape index (κ3) is 4.91. The van der Waals surface area contributed by atoms with E-state index in [4.69, 9.17) is 15.2 Å². The van der Waals surface area contributed by atoms with Crippen molar-refractivity contribution in [3.05, 3.63) is 15.6 Å². The van der Waals surface area contributed by atoms with Gasteiger partial charge in [0.25, 0.3) is 0 Å². The predicted molar refractivity (Wildman–Crippen MR) is 98.2 cm³/mol. The fraction of sp³-hybridized carbons (Fsp3) is 0.688. The molecule has 1 aromatic rings. The smallest absolute Gasteiger partial charge is 0.350 e. The SMILES string of the molecule is CCOC(=O)c1sc(C(C)NC(=O)C2(CN)CCOCC2)nc1C.Cl. The van der Waals surface area contributed by atoms with Gasteiger partial charge in [-0.2, -0.15) is 0 Å². The zero-order valence-electron chi connectivity index (χ0n) is 14.8. The number of ether oxygens (including phenoxy) is 2. The Bertz CT molecular complexity index is 602. The number of hydrogen-bond acceptors (Lipinski definition) is 7. The van der Waals surface area contributed by atoms with Crippen LogP contribution in [0.25, 0.3) is 0 Å². The molecule has 0 spiro atoms. The summed E-state index contributed by atoms with van der Waals surface area (Å²) in [5.41, 5.74) is 5.90. The number of amides is 1. The fourth-order valence-electron chi connectivity index (χ4n) is 2.69. The van der Waals surface area contributed by atoms with Gasteiger partial charge in [-0.15, -0.1) is 23.7 Å². The number of rotatable bonds is 6. The van der Waals surface area contributed by atoms with Crippen LogP contribution in [0.1, 0.15) is 53.1 Å². The number of aryl methyl sites for hydroxylation is 1. The highest BCUT2D eigenvalue weighted by Crippen LogP contribution is 2.31. The van der Waals surface area contributed by atoms with Crippen molar-refractivity contribution in [2.24, 2.45) is 11.1 Å². The minimum atomic E-state index is -0.581. The number of halogens is 1. The van der Waals surface area contributed by atoms with Crippen LogP contribution >= 0.6 is 23.7 Å². The van der Waals surface area contributed by atoms with E-state index < -0.39 is 5.41 Å².